The number of hydrogen-bond acceptors (Lipinski definition) is 3. The molecule has 3 rings (SSSR count). The topological polar surface area (TPSA) is 47.1 Å². The summed E-state index contributed by atoms with van der Waals surface area (Å²) in [5, 5.41) is 4.38. The maximum atomic E-state index is 13.1. The fourth-order valence-electron chi connectivity index (χ4n) is 2.88. The zero-order chi connectivity index (χ0) is 17.5. The second kappa shape index (κ2) is 8.55. The number of nitrogens with two attached hydrogens (primary N) is 1. The van der Waals surface area contributed by atoms with Gasteiger partial charge < -0.3 is 5.73 Å². The molecule has 2 N–H and O–H groups in total. The van der Waals surface area contributed by atoms with Crippen LogP contribution in [0.2, 0.25) is 0 Å². The van der Waals surface area contributed by atoms with Gasteiger partial charge in [-0.15, -0.1) is 0 Å². The third kappa shape index (κ3) is 4.75. The highest BCUT2D eigenvalue weighted by molar-refractivity contribution is 5.32. The van der Waals surface area contributed by atoms with E-state index in [9.17, 15) is 4.39 Å². The summed E-state index contributed by atoms with van der Waals surface area (Å²) in [5.41, 5.74) is 9.03. The average Bonchev–Trinajstić information content (AvgIpc) is 3.09. The van der Waals surface area contributed by atoms with Crippen LogP contribution >= 0.6 is 0 Å². The van der Waals surface area contributed by atoms with Gasteiger partial charge >= 0.3 is 0 Å². The van der Waals surface area contributed by atoms with Crippen LogP contribution < -0.4 is 5.73 Å². The Morgan fingerprint density at radius 3 is 2.44 bits per heavy atom. The molecule has 2 aromatic carbocycles. The summed E-state index contributed by atoms with van der Waals surface area (Å²) in [7, 11) is 0. The van der Waals surface area contributed by atoms with Gasteiger partial charge in [0.2, 0.25) is 0 Å². The molecule has 25 heavy (non-hydrogen) atoms. The molecule has 130 valence electrons. The van der Waals surface area contributed by atoms with E-state index in [1.165, 1.54) is 17.7 Å². The summed E-state index contributed by atoms with van der Waals surface area (Å²) >= 11 is 0. The maximum absolute atomic E-state index is 13.1. The normalized spacial score (nSPS) is 11.2. The van der Waals surface area contributed by atoms with Crippen molar-refractivity contribution in [1.82, 2.24) is 14.7 Å². The zero-order valence-electron chi connectivity index (χ0n) is 14.2. The molecule has 0 atom stereocenters. The highest BCUT2D eigenvalue weighted by Gasteiger charge is 2.11. The van der Waals surface area contributed by atoms with Crippen molar-refractivity contribution in [3.63, 3.8) is 0 Å². The van der Waals surface area contributed by atoms with Crippen LogP contribution in [0.5, 0.6) is 0 Å². The third-order valence-electron chi connectivity index (χ3n) is 4.18. The van der Waals surface area contributed by atoms with E-state index in [0.29, 0.717) is 6.54 Å². The second-order valence-electron chi connectivity index (χ2n) is 6.01. The van der Waals surface area contributed by atoms with Gasteiger partial charge in [-0.2, -0.15) is 5.10 Å². The summed E-state index contributed by atoms with van der Waals surface area (Å²) in [6.07, 6.45) is 2.75. The van der Waals surface area contributed by atoms with Crippen molar-refractivity contribution >= 4 is 0 Å². The van der Waals surface area contributed by atoms with Crippen LogP contribution in [0.1, 0.15) is 11.3 Å². The largest absolute Gasteiger partial charge is 0.329 e. The zero-order valence-corrected chi connectivity index (χ0v) is 14.2. The number of aromatic nitrogens is 2. The van der Waals surface area contributed by atoms with Gasteiger partial charge in [0.05, 0.1) is 11.4 Å². The first kappa shape index (κ1) is 17.3. The minimum atomic E-state index is -0.245. The van der Waals surface area contributed by atoms with Gasteiger partial charge in [0.1, 0.15) is 5.82 Å². The van der Waals surface area contributed by atoms with Gasteiger partial charge in [0, 0.05) is 32.4 Å². The molecule has 5 heteroatoms. The first-order valence-electron chi connectivity index (χ1n) is 8.51. The summed E-state index contributed by atoms with van der Waals surface area (Å²) in [6.45, 7) is 3.11. The lowest BCUT2D eigenvalue weighted by atomic mass is 10.1. The van der Waals surface area contributed by atoms with Gasteiger partial charge in [0.25, 0.3) is 0 Å². The molecule has 3 aromatic rings. The first-order valence-corrected chi connectivity index (χ1v) is 8.51. The van der Waals surface area contributed by atoms with Gasteiger partial charge in [-0.1, -0.05) is 30.3 Å². The average molecular weight is 338 g/mol. The van der Waals surface area contributed by atoms with Gasteiger partial charge in [-0.25, -0.2) is 9.07 Å². The Morgan fingerprint density at radius 1 is 0.960 bits per heavy atom. The Morgan fingerprint density at radius 2 is 1.72 bits per heavy atom. The first-order chi connectivity index (χ1) is 12.3. The van der Waals surface area contributed by atoms with Gasteiger partial charge in [0.15, 0.2) is 0 Å². The van der Waals surface area contributed by atoms with E-state index >= 15 is 0 Å². The Kier molecular flexibility index (Phi) is 5.93. The van der Waals surface area contributed by atoms with E-state index < -0.39 is 0 Å². The van der Waals surface area contributed by atoms with E-state index in [1.807, 2.05) is 16.8 Å². The minimum absolute atomic E-state index is 0.245. The molecule has 0 saturated carbocycles. The van der Waals surface area contributed by atoms with Crippen LogP contribution in [0.15, 0.2) is 66.9 Å². The predicted octanol–water partition coefficient (Wildman–Crippen LogP) is 3.01. The van der Waals surface area contributed by atoms with Crippen molar-refractivity contribution in [3.05, 3.63) is 83.9 Å². The van der Waals surface area contributed by atoms with Gasteiger partial charge in [-0.05, 0) is 42.3 Å². The van der Waals surface area contributed by atoms with Crippen LogP contribution in [0.3, 0.4) is 0 Å². The van der Waals surface area contributed by atoms with E-state index in [1.54, 1.807) is 18.3 Å². The monoisotopic (exact) mass is 338 g/mol. The van der Waals surface area contributed by atoms with Crippen LogP contribution in [-0.4, -0.2) is 34.3 Å². The van der Waals surface area contributed by atoms with Crippen molar-refractivity contribution in [2.75, 3.05) is 19.6 Å². The lowest BCUT2D eigenvalue weighted by Crippen LogP contribution is -2.31. The molecular formula is C20H23FN4. The molecule has 4 nitrogen and oxygen atoms in total. The number of hydrogen-bond donors (Lipinski definition) is 1. The van der Waals surface area contributed by atoms with E-state index in [2.05, 4.69) is 34.3 Å². The molecule has 0 spiro atoms. The van der Waals surface area contributed by atoms with E-state index in [0.717, 1.165) is 37.4 Å². The molecule has 1 aromatic heterocycles. The quantitative estimate of drug-likeness (QED) is 0.687. The van der Waals surface area contributed by atoms with Crippen LogP contribution in [0.4, 0.5) is 4.39 Å². The number of rotatable bonds is 8. The minimum Gasteiger partial charge on any atom is -0.329 e. The van der Waals surface area contributed by atoms with Crippen LogP contribution in [0, 0.1) is 5.82 Å². The van der Waals surface area contributed by atoms with Crippen LogP contribution in [0.25, 0.3) is 5.69 Å². The van der Waals surface area contributed by atoms with Gasteiger partial charge in [-0.3, -0.25) is 4.90 Å². The lowest BCUT2D eigenvalue weighted by Gasteiger charge is -2.22. The Labute approximate surface area is 147 Å². The van der Waals surface area contributed by atoms with Crippen molar-refractivity contribution in [2.45, 2.75) is 13.0 Å². The van der Waals surface area contributed by atoms with E-state index in [4.69, 9.17) is 5.73 Å². The number of halogens is 1. The highest BCUT2D eigenvalue weighted by atomic mass is 19.1. The Bertz CT molecular complexity index is 768. The molecule has 0 bridgehead atoms. The summed E-state index contributed by atoms with van der Waals surface area (Å²) in [6, 6.07) is 18.8. The smallest absolute Gasteiger partial charge is 0.123 e. The molecule has 0 unspecified atom stereocenters. The molecule has 0 fully saturated rings. The Hall–Kier alpha value is -2.50. The highest BCUT2D eigenvalue weighted by Crippen LogP contribution is 2.13. The lowest BCUT2D eigenvalue weighted by molar-refractivity contribution is 0.271. The summed E-state index contributed by atoms with van der Waals surface area (Å²) in [4.78, 5) is 2.32. The fourth-order valence-corrected chi connectivity index (χ4v) is 2.88. The summed E-state index contributed by atoms with van der Waals surface area (Å²) < 4.78 is 15.0. The molecular weight excluding hydrogens is 315 g/mol. The molecule has 0 amide bonds. The molecule has 0 aliphatic rings. The SMILES string of the molecule is NCCN(CCc1ccccc1)Cc1ccnn1-c1ccc(F)cc1. The van der Waals surface area contributed by atoms with Crippen molar-refractivity contribution in [1.29, 1.82) is 0 Å². The fraction of sp³-hybridized carbons (Fsp3) is 0.250. The molecule has 0 aliphatic carbocycles. The molecule has 0 saturated heterocycles. The number of nitrogens with zero attached hydrogens (tertiary/aromatic N) is 3. The van der Waals surface area contributed by atoms with Crippen molar-refractivity contribution < 1.29 is 4.39 Å². The maximum Gasteiger partial charge on any atom is 0.123 e. The van der Waals surface area contributed by atoms with Crippen molar-refractivity contribution in [3.8, 4) is 5.69 Å². The standard InChI is InChI=1S/C20H23FN4/c21-18-6-8-19(9-7-18)25-20(10-13-23-25)16-24(15-12-22)14-11-17-4-2-1-3-5-17/h1-10,13H,11-12,14-16,22H2. The Balaban J connectivity index is 1.70. The van der Waals surface area contributed by atoms with Crippen LogP contribution in [-0.2, 0) is 13.0 Å². The van der Waals surface area contributed by atoms with E-state index in [-0.39, 0.29) is 5.82 Å². The molecule has 0 aliphatic heterocycles. The second-order valence-corrected chi connectivity index (χ2v) is 6.01. The third-order valence-corrected chi connectivity index (χ3v) is 4.18. The number of benzene rings is 2. The molecule has 0 radical (unpaired) electrons. The molecule has 1 heterocycles. The summed E-state index contributed by atoms with van der Waals surface area (Å²) in [5.74, 6) is -0.245. The predicted molar refractivity (Wildman–Crippen MR) is 98.0 cm³/mol. The van der Waals surface area contributed by atoms with Crippen molar-refractivity contribution in [2.24, 2.45) is 5.73 Å².